The fourth-order valence-electron chi connectivity index (χ4n) is 1.01. The van der Waals surface area contributed by atoms with Crippen molar-refractivity contribution in [1.29, 1.82) is 0 Å². The Morgan fingerprint density at radius 2 is 2.17 bits per heavy atom. The molecule has 0 aromatic rings. The molecule has 0 spiro atoms. The monoisotopic (exact) mass is 170 g/mol. The number of nitrogens with one attached hydrogen (secondary N) is 1. The second-order valence-electron chi connectivity index (χ2n) is 2.55. The maximum Gasteiger partial charge on any atom is 0.321 e. The van der Waals surface area contributed by atoms with Crippen molar-refractivity contribution < 1.29 is 9.53 Å². The highest BCUT2D eigenvalue weighted by Crippen LogP contribution is 1.96. The standard InChI is InChI=1S/C8H14N2O2/c1-2-3-9-8(11)10-4-6-12-7-5-10/h2-3H,4-7H2,1H3,(H,9,11)/b3-2+. The molecule has 0 atom stereocenters. The van der Waals surface area contributed by atoms with Crippen LogP contribution < -0.4 is 5.32 Å². The van der Waals surface area contributed by atoms with Crippen molar-refractivity contribution in [2.45, 2.75) is 6.92 Å². The number of morpholine rings is 1. The summed E-state index contributed by atoms with van der Waals surface area (Å²) < 4.78 is 5.11. The van der Waals surface area contributed by atoms with E-state index in [1.54, 1.807) is 17.2 Å². The molecule has 1 aliphatic rings. The molecule has 0 radical (unpaired) electrons. The van der Waals surface area contributed by atoms with Crippen LogP contribution in [0.4, 0.5) is 4.79 Å². The summed E-state index contributed by atoms with van der Waals surface area (Å²) in [6.45, 7) is 4.51. The summed E-state index contributed by atoms with van der Waals surface area (Å²) in [4.78, 5) is 13.0. The molecule has 1 N–H and O–H groups in total. The Hall–Kier alpha value is -1.03. The molecular formula is C8H14N2O2. The number of allylic oxidation sites excluding steroid dienone is 1. The van der Waals surface area contributed by atoms with Gasteiger partial charge in [-0.25, -0.2) is 4.79 Å². The van der Waals surface area contributed by atoms with E-state index in [1.165, 1.54) is 0 Å². The number of hydrogen-bond donors (Lipinski definition) is 1. The van der Waals surface area contributed by atoms with Crippen LogP contribution in [0.1, 0.15) is 6.92 Å². The molecule has 68 valence electrons. The van der Waals surface area contributed by atoms with Crippen LogP contribution in [0.2, 0.25) is 0 Å². The van der Waals surface area contributed by atoms with Gasteiger partial charge in [-0.2, -0.15) is 0 Å². The Balaban J connectivity index is 2.29. The van der Waals surface area contributed by atoms with Gasteiger partial charge in [0.25, 0.3) is 0 Å². The largest absolute Gasteiger partial charge is 0.378 e. The minimum atomic E-state index is -0.0450. The zero-order valence-electron chi connectivity index (χ0n) is 7.25. The van der Waals surface area contributed by atoms with Gasteiger partial charge in [0.15, 0.2) is 0 Å². The number of rotatable bonds is 1. The Bertz CT molecular complexity index is 174. The number of carbonyl (C=O) groups is 1. The minimum Gasteiger partial charge on any atom is -0.378 e. The molecular weight excluding hydrogens is 156 g/mol. The molecule has 2 amide bonds. The molecule has 0 aromatic heterocycles. The van der Waals surface area contributed by atoms with Crippen molar-refractivity contribution in [3.63, 3.8) is 0 Å². The molecule has 1 heterocycles. The summed E-state index contributed by atoms with van der Waals surface area (Å²) in [6.07, 6.45) is 3.43. The van der Waals surface area contributed by atoms with Gasteiger partial charge in [-0.15, -0.1) is 0 Å². The van der Waals surface area contributed by atoms with Gasteiger partial charge in [-0.3, -0.25) is 0 Å². The summed E-state index contributed by atoms with van der Waals surface area (Å²) in [6, 6.07) is -0.0450. The number of carbonyl (C=O) groups excluding carboxylic acids is 1. The van der Waals surface area contributed by atoms with Crippen LogP contribution in [0.3, 0.4) is 0 Å². The van der Waals surface area contributed by atoms with Crippen LogP contribution in [0, 0.1) is 0 Å². The zero-order chi connectivity index (χ0) is 8.81. The molecule has 1 aliphatic heterocycles. The Morgan fingerprint density at radius 1 is 1.50 bits per heavy atom. The first-order valence-electron chi connectivity index (χ1n) is 4.09. The van der Waals surface area contributed by atoms with Gasteiger partial charge < -0.3 is 15.0 Å². The predicted octanol–water partition coefficient (Wildman–Crippen LogP) is 0.562. The van der Waals surface area contributed by atoms with E-state index in [2.05, 4.69) is 5.32 Å². The lowest BCUT2D eigenvalue weighted by atomic mass is 10.4. The lowest BCUT2D eigenvalue weighted by Gasteiger charge is -2.26. The molecule has 0 saturated carbocycles. The Morgan fingerprint density at radius 3 is 2.75 bits per heavy atom. The average molecular weight is 170 g/mol. The predicted molar refractivity (Wildman–Crippen MR) is 45.7 cm³/mol. The highest BCUT2D eigenvalue weighted by molar-refractivity contribution is 5.75. The lowest BCUT2D eigenvalue weighted by molar-refractivity contribution is 0.0540. The van der Waals surface area contributed by atoms with Gasteiger partial charge in [-0.1, -0.05) is 6.08 Å². The van der Waals surface area contributed by atoms with Crippen molar-refractivity contribution >= 4 is 6.03 Å². The van der Waals surface area contributed by atoms with Crippen LogP contribution >= 0.6 is 0 Å². The Labute approximate surface area is 72.2 Å². The van der Waals surface area contributed by atoms with Crippen molar-refractivity contribution in [3.05, 3.63) is 12.3 Å². The first-order chi connectivity index (χ1) is 5.84. The van der Waals surface area contributed by atoms with Gasteiger partial charge in [0.2, 0.25) is 0 Å². The first-order valence-corrected chi connectivity index (χ1v) is 4.09. The molecule has 4 heteroatoms. The molecule has 4 nitrogen and oxygen atoms in total. The van der Waals surface area contributed by atoms with Gasteiger partial charge in [0.05, 0.1) is 13.2 Å². The van der Waals surface area contributed by atoms with Crippen LogP contribution in [0.5, 0.6) is 0 Å². The van der Waals surface area contributed by atoms with Gasteiger partial charge in [-0.05, 0) is 6.92 Å². The van der Waals surface area contributed by atoms with Crippen LogP contribution in [0.25, 0.3) is 0 Å². The normalized spacial score (nSPS) is 18.2. The lowest BCUT2D eigenvalue weighted by Crippen LogP contribution is -2.44. The van der Waals surface area contributed by atoms with Gasteiger partial charge in [0.1, 0.15) is 0 Å². The van der Waals surface area contributed by atoms with E-state index < -0.39 is 0 Å². The van der Waals surface area contributed by atoms with E-state index in [0.717, 1.165) is 0 Å². The summed E-state index contributed by atoms with van der Waals surface area (Å²) in [7, 11) is 0. The highest BCUT2D eigenvalue weighted by atomic mass is 16.5. The van der Waals surface area contributed by atoms with E-state index in [-0.39, 0.29) is 6.03 Å². The fraction of sp³-hybridized carbons (Fsp3) is 0.625. The summed E-state index contributed by atoms with van der Waals surface area (Å²) in [5.74, 6) is 0. The second-order valence-corrected chi connectivity index (χ2v) is 2.55. The number of ether oxygens (including phenoxy) is 1. The summed E-state index contributed by atoms with van der Waals surface area (Å²) in [5, 5.41) is 2.65. The van der Waals surface area contributed by atoms with E-state index >= 15 is 0 Å². The Kier molecular flexibility index (Phi) is 3.60. The van der Waals surface area contributed by atoms with Crippen LogP contribution in [-0.4, -0.2) is 37.2 Å². The average Bonchev–Trinajstić information content (AvgIpc) is 2.15. The number of urea groups is 1. The topological polar surface area (TPSA) is 41.6 Å². The molecule has 0 aliphatic carbocycles. The molecule has 1 saturated heterocycles. The third kappa shape index (κ3) is 2.54. The van der Waals surface area contributed by atoms with Gasteiger partial charge in [0, 0.05) is 19.3 Å². The maximum atomic E-state index is 11.3. The van der Waals surface area contributed by atoms with Gasteiger partial charge >= 0.3 is 6.03 Å². The molecule has 0 unspecified atom stereocenters. The summed E-state index contributed by atoms with van der Waals surface area (Å²) in [5.41, 5.74) is 0. The second kappa shape index (κ2) is 4.77. The van der Waals surface area contributed by atoms with Crippen molar-refractivity contribution in [3.8, 4) is 0 Å². The first kappa shape index (κ1) is 9.06. The summed E-state index contributed by atoms with van der Waals surface area (Å²) >= 11 is 0. The smallest absolute Gasteiger partial charge is 0.321 e. The minimum absolute atomic E-state index is 0.0450. The third-order valence-electron chi connectivity index (χ3n) is 1.67. The SMILES string of the molecule is C/C=C/NC(=O)N1CCOCC1. The van der Waals surface area contributed by atoms with Crippen LogP contribution in [0.15, 0.2) is 12.3 Å². The molecule has 0 bridgehead atoms. The molecule has 12 heavy (non-hydrogen) atoms. The molecule has 1 fully saturated rings. The number of amides is 2. The van der Waals surface area contributed by atoms with Crippen LogP contribution in [-0.2, 0) is 4.74 Å². The van der Waals surface area contributed by atoms with E-state index in [1.807, 2.05) is 6.92 Å². The fourth-order valence-corrected chi connectivity index (χ4v) is 1.01. The molecule has 1 rings (SSSR count). The van der Waals surface area contributed by atoms with Crippen molar-refractivity contribution in [2.24, 2.45) is 0 Å². The van der Waals surface area contributed by atoms with E-state index in [9.17, 15) is 4.79 Å². The quantitative estimate of drug-likeness (QED) is 0.624. The van der Waals surface area contributed by atoms with E-state index in [4.69, 9.17) is 4.74 Å². The zero-order valence-corrected chi connectivity index (χ0v) is 7.25. The number of nitrogens with zero attached hydrogens (tertiary/aromatic N) is 1. The van der Waals surface area contributed by atoms with Crippen molar-refractivity contribution in [2.75, 3.05) is 26.3 Å². The third-order valence-corrected chi connectivity index (χ3v) is 1.67. The van der Waals surface area contributed by atoms with Crippen molar-refractivity contribution in [1.82, 2.24) is 10.2 Å². The molecule has 0 aromatic carbocycles. The van der Waals surface area contributed by atoms with E-state index in [0.29, 0.717) is 26.3 Å². The maximum absolute atomic E-state index is 11.3. The highest BCUT2D eigenvalue weighted by Gasteiger charge is 2.14. The number of hydrogen-bond acceptors (Lipinski definition) is 2.